The van der Waals surface area contributed by atoms with Crippen molar-refractivity contribution in [3.8, 4) is 11.1 Å². The Balaban J connectivity index is 0.000000902. The van der Waals surface area contributed by atoms with E-state index in [4.69, 9.17) is 9.78 Å². The molecule has 1 aromatic carbocycles. The number of benzene rings is 1. The van der Waals surface area contributed by atoms with Crippen molar-refractivity contribution in [1.82, 2.24) is 15.0 Å². The van der Waals surface area contributed by atoms with Crippen molar-refractivity contribution in [2.45, 2.75) is 85.7 Å². The van der Waals surface area contributed by atoms with Crippen LogP contribution in [0.4, 0.5) is 24.8 Å². The molecule has 0 bridgehead atoms. The molecule has 0 aliphatic heterocycles. The number of carbonyl (C=O) groups excluding carboxylic acids is 1. The van der Waals surface area contributed by atoms with Gasteiger partial charge in [0, 0.05) is 35.3 Å². The van der Waals surface area contributed by atoms with Crippen LogP contribution in [0.5, 0.6) is 0 Å². The molecule has 3 aromatic rings. The van der Waals surface area contributed by atoms with Crippen molar-refractivity contribution in [3.05, 3.63) is 65.7 Å². The number of nitrogens with zero attached hydrogens (tertiary/aromatic N) is 3. The van der Waals surface area contributed by atoms with Gasteiger partial charge in [-0.15, -0.1) is 0 Å². The SMILES string of the molecule is CC.CC.COC=O.Cc1cc(Nc2nccc(C(F)(F)F)n2)cc(-c2ccc(C(C)C3CCCCC3)nc2)c1. The average Bonchev–Trinajstić information content (AvgIpc) is 2.99. The van der Waals surface area contributed by atoms with Gasteiger partial charge in [0.15, 0.2) is 0 Å². The van der Waals surface area contributed by atoms with Gasteiger partial charge in [-0.05, 0) is 61.1 Å². The maximum Gasteiger partial charge on any atom is 0.433 e. The Morgan fingerprint density at radius 1 is 0.975 bits per heavy atom. The number of hydrogen-bond donors (Lipinski definition) is 1. The summed E-state index contributed by atoms with van der Waals surface area (Å²) in [4.78, 5) is 21.2. The van der Waals surface area contributed by atoms with Gasteiger partial charge in [-0.2, -0.15) is 13.2 Å². The summed E-state index contributed by atoms with van der Waals surface area (Å²) in [6.45, 7) is 12.6. The Labute approximate surface area is 236 Å². The number of nitrogens with one attached hydrogen (secondary N) is 1. The number of halogens is 3. The number of aromatic nitrogens is 3. The van der Waals surface area contributed by atoms with Crippen molar-refractivity contribution in [1.29, 1.82) is 0 Å². The van der Waals surface area contributed by atoms with E-state index in [-0.39, 0.29) is 5.95 Å². The molecular weight excluding hydrogens is 517 g/mol. The number of carbonyl (C=O) groups is 1. The van der Waals surface area contributed by atoms with Gasteiger partial charge >= 0.3 is 6.18 Å². The summed E-state index contributed by atoms with van der Waals surface area (Å²) in [6.07, 6.45) is 4.97. The predicted octanol–water partition coefficient (Wildman–Crippen LogP) is 9.13. The minimum atomic E-state index is -4.51. The minimum absolute atomic E-state index is 0.0915. The van der Waals surface area contributed by atoms with Gasteiger partial charge in [-0.25, -0.2) is 9.97 Å². The van der Waals surface area contributed by atoms with E-state index in [1.165, 1.54) is 39.2 Å². The summed E-state index contributed by atoms with van der Waals surface area (Å²) in [5, 5.41) is 2.90. The lowest BCUT2D eigenvalue weighted by atomic mass is 9.79. The number of anilines is 2. The van der Waals surface area contributed by atoms with Gasteiger partial charge in [-0.3, -0.25) is 9.78 Å². The van der Waals surface area contributed by atoms with Crippen molar-refractivity contribution >= 4 is 18.1 Å². The third kappa shape index (κ3) is 10.9. The molecule has 1 saturated carbocycles. The molecule has 0 saturated heterocycles. The van der Waals surface area contributed by atoms with Gasteiger partial charge in [-0.1, -0.05) is 66.0 Å². The van der Waals surface area contributed by atoms with Crippen LogP contribution < -0.4 is 5.32 Å². The number of alkyl halides is 3. The van der Waals surface area contributed by atoms with Gasteiger partial charge in [0.2, 0.25) is 5.95 Å². The molecule has 1 aliphatic rings. The fraction of sp³-hybridized carbons (Fsp3) is 0.484. The van der Waals surface area contributed by atoms with Crippen LogP contribution in [0.1, 0.15) is 89.6 Å². The topological polar surface area (TPSA) is 77.0 Å². The smallest absolute Gasteiger partial charge is 0.433 e. The second-order valence-corrected chi connectivity index (χ2v) is 8.97. The van der Waals surface area contributed by atoms with Gasteiger partial charge in [0.05, 0.1) is 7.11 Å². The number of aryl methyl sites for hydroxylation is 1. The van der Waals surface area contributed by atoms with E-state index < -0.39 is 11.9 Å². The molecule has 6 nitrogen and oxygen atoms in total. The quantitative estimate of drug-likeness (QED) is 0.303. The maximum atomic E-state index is 12.9. The summed E-state index contributed by atoms with van der Waals surface area (Å²) >= 11 is 0. The number of methoxy groups -OCH3 is 1. The largest absolute Gasteiger partial charge is 0.471 e. The summed E-state index contributed by atoms with van der Waals surface area (Å²) < 4.78 is 42.7. The summed E-state index contributed by atoms with van der Waals surface area (Å²) in [5.41, 5.74) is 3.62. The first kappa shape index (κ1) is 34.5. The molecule has 2 heterocycles. The molecule has 0 radical (unpaired) electrons. The number of rotatable bonds is 6. The van der Waals surface area contributed by atoms with Crippen LogP contribution in [-0.4, -0.2) is 28.5 Å². The Morgan fingerprint density at radius 3 is 2.17 bits per heavy atom. The van der Waals surface area contributed by atoms with E-state index in [2.05, 4.69) is 39.1 Å². The second kappa shape index (κ2) is 18.0. The van der Waals surface area contributed by atoms with Crippen LogP contribution >= 0.6 is 0 Å². The fourth-order valence-electron chi connectivity index (χ4n) is 4.45. The van der Waals surface area contributed by atoms with Crippen molar-refractivity contribution in [2.75, 3.05) is 12.4 Å². The molecule has 1 N–H and O–H groups in total. The predicted molar refractivity (Wildman–Crippen MR) is 155 cm³/mol. The molecule has 9 heteroatoms. The molecule has 1 aliphatic carbocycles. The third-order valence-corrected chi connectivity index (χ3v) is 6.32. The zero-order valence-electron chi connectivity index (χ0n) is 24.7. The van der Waals surface area contributed by atoms with E-state index in [1.54, 1.807) is 0 Å². The van der Waals surface area contributed by atoms with Crippen LogP contribution in [0, 0.1) is 12.8 Å². The molecule has 1 unspecified atom stereocenters. The van der Waals surface area contributed by atoms with E-state index >= 15 is 0 Å². The monoisotopic (exact) mass is 560 g/mol. The summed E-state index contributed by atoms with van der Waals surface area (Å²) in [6, 6.07) is 10.8. The van der Waals surface area contributed by atoms with Crippen molar-refractivity contribution in [3.63, 3.8) is 0 Å². The van der Waals surface area contributed by atoms with Crippen LogP contribution in [-0.2, 0) is 15.7 Å². The molecular formula is C31H43F3N4O2. The van der Waals surface area contributed by atoms with Gasteiger partial charge in [0.1, 0.15) is 5.69 Å². The standard InChI is InChI=1S/C25H27F3N4.C2H4O2.2C2H6/c1-16-12-20(14-21(13-16)31-24-29-11-10-23(32-24)25(26,27)28)19-8-9-22(30-15-19)17(2)18-6-4-3-5-7-18;1-4-2-3;2*1-2/h8-15,17-18H,3-7H2,1-2H3,(H,29,31,32);2H,1H3;2*1-2H3. The number of ether oxygens (including phenoxy) is 1. The highest BCUT2D eigenvalue weighted by atomic mass is 19.4. The second-order valence-electron chi connectivity index (χ2n) is 8.97. The van der Waals surface area contributed by atoms with Crippen molar-refractivity contribution in [2.24, 2.45) is 5.92 Å². The van der Waals surface area contributed by atoms with E-state index in [9.17, 15) is 13.2 Å². The summed E-state index contributed by atoms with van der Waals surface area (Å²) in [7, 11) is 1.31. The maximum absolute atomic E-state index is 12.9. The Bertz CT molecular complexity index is 1130. The van der Waals surface area contributed by atoms with Crippen LogP contribution in [0.2, 0.25) is 0 Å². The average molecular weight is 561 g/mol. The van der Waals surface area contributed by atoms with Crippen molar-refractivity contribution < 1.29 is 22.7 Å². The molecule has 0 amide bonds. The normalized spacial score (nSPS) is 13.7. The Kier molecular flexibility index (Phi) is 15.5. The Morgan fingerprint density at radius 2 is 1.62 bits per heavy atom. The van der Waals surface area contributed by atoms with E-state index in [0.717, 1.165) is 34.6 Å². The first-order valence-corrected chi connectivity index (χ1v) is 13.9. The third-order valence-electron chi connectivity index (χ3n) is 6.32. The lowest BCUT2D eigenvalue weighted by molar-refractivity contribution is -0.141. The first-order valence-electron chi connectivity index (χ1n) is 13.9. The molecule has 4 rings (SSSR count). The highest BCUT2D eigenvalue weighted by molar-refractivity contribution is 5.70. The van der Waals surface area contributed by atoms with E-state index in [0.29, 0.717) is 24.0 Å². The van der Waals surface area contributed by atoms with Gasteiger partial charge in [0.25, 0.3) is 6.47 Å². The summed E-state index contributed by atoms with van der Waals surface area (Å²) in [5.74, 6) is 1.05. The lowest BCUT2D eigenvalue weighted by Gasteiger charge is -2.27. The molecule has 220 valence electrons. The zero-order valence-corrected chi connectivity index (χ0v) is 24.7. The zero-order chi connectivity index (χ0) is 30.1. The molecule has 2 aromatic heterocycles. The fourth-order valence-corrected chi connectivity index (χ4v) is 4.45. The number of pyridine rings is 1. The van der Waals surface area contributed by atoms with Crippen LogP contribution in [0.3, 0.4) is 0 Å². The van der Waals surface area contributed by atoms with E-state index in [1.807, 2.05) is 59.0 Å². The molecule has 1 atom stereocenters. The minimum Gasteiger partial charge on any atom is -0.471 e. The molecule has 1 fully saturated rings. The molecule has 0 spiro atoms. The van der Waals surface area contributed by atoms with Gasteiger partial charge < -0.3 is 10.1 Å². The first-order chi connectivity index (χ1) is 19.2. The lowest BCUT2D eigenvalue weighted by Crippen LogP contribution is -2.14. The highest BCUT2D eigenvalue weighted by Gasteiger charge is 2.32. The Hall–Kier alpha value is -3.49. The highest BCUT2D eigenvalue weighted by Crippen LogP contribution is 2.36. The molecule has 40 heavy (non-hydrogen) atoms. The number of hydrogen-bond acceptors (Lipinski definition) is 6. The van der Waals surface area contributed by atoms with Crippen LogP contribution in [0.25, 0.3) is 11.1 Å². The van der Waals surface area contributed by atoms with Crippen LogP contribution in [0.15, 0.2) is 48.8 Å².